The van der Waals surface area contributed by atoms with E-state index in [0.717, 1.165) is 0 Å². The van der Waals surface area contributed by atoms with Crippen LogP contribution in [0.2, 0.25) is 0 Å². The summed E-state index contributed by atoms with van der Waals surface area (Å²) in [5, 5.41) is 0. The fourth-order valence-corrected chi connectivity index (χ4v) is 0. The third-order valence-corrected chi connectivity index (χ3v) is 0.343. The van der Waals surface area contributed by atoms with Crippen LogP contribution in [0, 0.1) is 0 Å². The molecule has 0 amide bonds. The standard InChI is InChI=1S/C2HClF2O/c3-1(4)2(5)6/h1H/t1-/m0/s1. The van der Waals surface area contributed by atoms with Gasteiger partial charge in [0.05, 0.1) is 0 Å². The van der Waals surface area contributed by atoms with E-state index in [0.29, 0.717) is 0 Å². The summed E-state index contributed by atoms with van der Waals surface area (Å²) in [6.07, 6.45) is 0. The summed E-state index contributed by atoms with van der Waals surface area (Å²) in [6.45, 7) is 0. The van der Waals surface area contributed by atoms with E-state index < -0.39 is 11.7 Å². The van der Waals surface area contributed by atoms with Gasteiger partial charge in [-0.05, 0) is 0 Å². The quantitative estimate of drug-likeness (QED) is 0.367. The van der Waals surface area contributed by atoms with Gasteiger partial charge in [0.2, 0.25) is 0 Å². The molecular weight excluding hydrogens is 113 g/mol. The lowest BCUT2D eigenvalue weighted by atomic mass is 10.8. The second-order valence-corrected chi connectivity index (χ2v) is 0.988. The van der Waals surface area contributed by atoms with Gasteiger partial charge < -0.3 is 0 Å². The van der Waals surface area contributed by atoms with Crippen molar-refractivity contribution in [3.8, 4) is 0 Å². The normalized spacial score (nSPS) is 13.8. The van der Waals surface area contributed by atoms with Crippen molar-refractivity contribution in [2.24, 2.45) is 0 Å². The van der Waals surface area contributed by atoms with Crippen molar-refractivity contribution in [3.05, 3.63) is 0 Å². The number of halogens is 3. The predicted octanol–water partition coefficient (Wildman–Crippen LogP) is 1.02. The molecule has 0 fully saturated rings. The van der Waals surface area contributed by atoms with E-state index in [1.807, 2.05) is 0 Å². The van der Waals surface area contributed by atoms with Crippen molar-refractivity contribution >= 4 is 17.6 Å². The molecule has 0 unspecified atom stereocenters. The Hall–Kier alpha value is -0.180. The molecule has 0 bridgehead atoms. The molecule has 0 aromatic carbocycles. The van der Waals surface area contributed by atoms with Crippen LogP contribution in [-0.2, 0) is 4.79 Å². The first-order valence-electron chi connectivity index (χ1n) is 1.12. The van der Waals surface area contributed by atoms with Crippen LogP contribution < -0.4 is 0 Å². The molecule has 0 aromatic heterocycles. The summed E-state index contributed by atoms with van der Waals surface area (Å²) < 4.78 is 21.5. The zero-order chi connectivity index (χ0) is 5.15. The summed E-state index contributed by atoms with van der Waals surface area (Å²) in [6, 6.07) is -2.14. The predicted molar refractivity (Wildman–Crippen MR) is 16.9 cm³/mol. The maximum atomic E-state index is 10.9. The molecule has 6 heavy (non-hydrogen) atoms. The molecule has 4 heteroatoms. The number of rotatable bonds is 1. The maximum absolute atomic E-state index is 10.9. The lowest BCUT2D eigenvalue weighted by Gasteiger charge is -1.79. The SMILES string of the molecule is O=C(F)[C@H](F)Cl. The Morgan fingerprint density at radius 3 is 2.00 bits per heavy atom. The highest BCUT2D eigenvalue weighted by Gasteiger charge is 2.09. The fourth-order valence-electron chi connectivity index (χ4n) is 0. The van der Waals surface area contributed by atoms with Crippen LogP contribution in [0.4, 0.5) is 8.78 Å². The topological polar surface area (TPSA) is 17.1 Å². The van der Waals surface area contributed by atoms with E-state index in [-0.39, 0.29) is 0 Å². The minimum absolute atomic E-state index is 2.14. The smallest absolute Gasteiger partial charge is 0.256 e. The van der Waals surface area contributed by atoms with Gasteiger partial charge in [-0.3, -0.25) is 4.79 Å². The number of alkyl halides is 2. The Balaban J connectivity index is 3.26. The molecule has 0 saturated carbocycles. The van der Waals surface area contributed by atoms with Gasteiger partial charge in [-0.25, -0.2) is 4.39 Å². The first-order valence-corrected chi connectivity index (χ1v) is 1.55. The molecule has 0 N–H and O–H groups in total. The van der Waals surface area contributed by atoms with Crippen LogP contribution in [0.5, 0.6) is 0 Å². The highest BCUT2D eigenvalue weighted by atomic mass is 35.5. The van der Waals surface area contributed by atoms with Crippen molar-refractivity contribution in [1.29, 1.82) is 0 Å². The van der Waals surface area contributed by atoms with Gasteiger partial charge in [0.25, 0.3) is 5.63 Å². The highest BCUT2D eigenvalue weighted by Crippen LogP contribution is 1.97. The molecule has 36 valence electrons. The van der Waals surface area contributed by atoms with Crippen molar-refractivity contribution in [1.82, 2.24) is 0 Å². The molecule has 0 aliphatic heterocycles. The fraction of sp³-hybridized carbons (Fsp3) is 0.500. The second-order valence-electron chi connectivity index (χ2n) is 0.605. The monoisotopic (exact) mass is 114 g/mol. The molecular formula is C2HClF2O. The van der Waals surface area contributed by atoms with E-state index in [4.69, 9.17) is 4.79 Å². The van der Waals surface area contributed by atoms with Crippen LogP contribution >= 0.6 is 11.6 Å². The Morgan fingerprint density at radius 1 is 1.83 bits per heavy atom. The average molecular weight is 114 g/mol. The van der Waals surface area contributed by atoms with Crippen LogP contribution in [0.25, 0.3) is 0 Å². The first-order chi connectivity index (χ1) is 2.64. The molecule has 1 atom stereocenters. The van der Waals surface area contributed by atoms with E-state index in [2.05, 4.69) is 11.6 Å². The van der Waals surface area contributed by atoms with E-state index in [1.165, 1.54) is 0 Å². The molecule has 0 saturated heterocycles. The lowest BCUT2D eigenvalue weighted by molar-refractivity contribution is -0.131. The molecule has 0 spiro atoms. The largest absolute Gasteiger partial charge is 0.350 e. The summed E-state index contributed by atoms with van der Waals surface area (Å²) in [5.74, 6) is 0. The molecule has 0 aliphatic carbocycles. The van der Waals surface area contributed by atoms with Gasteiger partial charge in [-0.1, -0.05) is 11.6 Å². The minimum atomic E-state index is -2.48. The van der Waals surface area contributed by atoms with Crippen LogP contribution in [0.15, 0.2) is 0 Å². The van der Waals surface area contributed by atoms with Crippen LogP contribution in [-0.4, -0.2) is 11.7 Å². The van der Waals surface area contributed by atoms with Gasteiger partial charge in [0.1, 0.15) is 0 Å². The van der Waals surface area contributed by atoms with Crippen molar-refractivity contribution in [2.45, 2.75) is 5.63 Å². The van der Waals surface area contributed by atoms with Gasteiger partial charge in [0.15, 0.2) is 0 Å². The minimum Gasteiger partial charge on any atom is -0.256 e. The number of hydrogen-bond donors (Lipinski definition) is 0. The van der Waals surface area contributed by atoms with Gasteiger partial charge in [-0.15, -0.1) is 0 Å². The van der Waals surface area contributed by atoms with Crippen LogP contribution in [0.1, 0.15) is 0 Å². The molecule has 0 heterocycles. The van der Waals surface area contributed by atoms with Crippen molar-refractivity contribution < 1.29 is 13.6 Å². The number of carbonyl (C=O) groups is 1. The summed E-state index contributed by atoms with van der Waals surface area (Å²) in [5.41, 5.74) is -2.48. The average Bonchev–Trinajstić information content (AvgIpc) is 1.36. The van der Waals surface area contributed by atoms with Gasteiger partial charge in [0, 0.05) is 0 Å². The third kappa shape index (κ3) is 2.08. The first kappa shape index (κ1) is 5.82. The Morgan fingerprint density at radius 2 is 2.00 bits per heavy atom. The van der Waals surface area contributed by atoms with E-state index in [9.17, 15) is 8.78 Å². The Bertz CT molecular complexity index is 62.6. The lowest BCUT2D eigenvalue weighted by Crippen LogP contribution is -1.98. The van der Waals surface area contributed by atoms with E-state index in [1.54, 1.807) is 0 Å². The number of carbonyl (C=O) groups excluding carboxylic acids is 1. The Kier molecular flexibility index (Phi) is 2.01. The van der Waals surface area contributed by atoms with Crippen molar-refractivity contribution in [2.75, 3.05) is 0 Å². The zero-order valence-corrected chi connectivity index (χ0v) is 3.38. The van der Waals surface area contributed by atoms with Crippen molar-refractivity contribution in [3.63, 3.8) is 0 Å². The Labute approximate surface area is 37.9 Å². The third-order valence-electron chi connectivity index (χ3n) is 0.172. The van der Waals surface area contributed by atoms with Gasteiger partial charge >= 0.3 is 6.04 Å². The molecule has 1 nitrogen and oxygen atoms in total. The van der Waals surface area contributed by atoms with Crippen LogP contribution in [0.3, 0.4) is 0 Å². The zero-order valence-electron chi connectivity index (χ0n) is 2.62. The summed E-state index contributed by atoms with van der Waals surface area (Å²) in [7, 11) is 0. The van der Waals surface area contributed by atoms with E-state index >= 15 is 0 Å². The molecule has 0 radical (unpaired) electrons. The molecule has 0 rings (SSSR count). The second kappa shape index (κ2) is 2.08. The summed E-state index contributed by atoms with van der Waals surface area (Å²) in [4.78, 5) is 8.97. The molecule has 0 aliphatic rings. The molecule has 0 aromatic rings. The maximum Gasteiger partial charge on any atom is 0.350 e. The highest BCUT2D eigenvalue weighted by molar-refractivity contribution is 6.28. The van der Waals surface area contributed by atoms with Gasteiger partial charge in [-0.2, -0.15) is 4.39 Å². The number of hydrogen-bond acceptors (Lipinski definition) is 1. The summed E-state index contributed by atoms with van der Waals surface area (Å²) >= 11 is 4.22.